The second-order valence-electron chi connectivity index (χ2n) is 16.6. The van der Waals surface area contributed by atoms with Crippen molar-refractivity contribution >= 4 is 28.7 Å². The Hall–Kier alpha value is -6.78. The molecular formula is C48H51N9O4. The molecule has 2 aliphatic rings. The fourth-order valence-electron chi connectivity index (χ4n) is 8.82. The van der Waals surface area contributed by atoms with Crippen molar-refractivity contribution in [1.29, 1.82) is 5.26 Å². The monoisotopic (exact) mass is 817 g/mol. The summed E-state index contributed by atoms with van der Waals surface area (Å²) in [5.74, 6) is 0.679. The predicted octanol–water partition coefficient (Wildman–Crippen LogP) is 8.05. The van der Waals surface area contributed by atoms with E-state index in [9.17, 15) is 19.6 Å². The minimum atomic E-state index is -0.801. The molecule has 2 aliphatic heterocycles. The van der Waals surface area contributed by atoms with Crippen molar-refractivity contribution in [2.75, 3.05) is 34.3 Å². The first kappa shape index (κ1) is 41.0. The summed E-state index contributed by atoms with van der Waals surface area (Å²) in [7, 11) is 5.16. The van der Waals surface area contributed by atoms with Crippen LogP contribution in [0.2, 0.25) is 0 Å². The van der Waals surface area contributed by atoms with E-state index >= 15 is 0 Å². The summed E-state index contributed by atoms with van der Waals surface area (Å²) in [6.07, 6.45) is 5.18. The molecule has 8 rings (SSSR count). The Balaban J connectivity index is 0.956. The quantitative estimate of drug-likeness (QED) is 0.118. The van der Waals surface area contributed by atoms with Crippen LogP contribution in [0.3, 0.4) is 0 Å². The summed E-state index contributed by atoms with van der Waals surface area (Å²) in [6, 6.07) is 31.7. The van der Waals surface area contributed by atoms with Crippen molar-refractivity contribution < 1.29 is 19.1 Å². The minimum Gasteiger partial charge on any atom is -0.453 e. The number of H-pyrrole nitrogens is 2. The lowest BCUT2D eigenvalue weighted by atomic mass is 9.98. The van der Waals surface area contributed by atoms with Gasteiger partial charge in [0.15, 0.2) is 0 Å². The van der Waals surface area contributed by atoms with Gasteiger partial charge < -0.3 is 29.8 Å². The number of carbonyl (C=O) groups excluding carboxylic acids is 3. The molecule has 1 unspecified atom stereocenters. The van der Waals surface area contributed by atoms with Crippen molar-refractivity contribution in [3.8, 4) is 39.7 Å². The minimum absolute atomic E-state index is 0.0902. The summed E-state index contributed by atoms with van der Waals surface area (Å²) >= 11 is 0. The van der Waals surface area contributed by atoms with Gasteiger partial charge in [0.2, 0.25) is 11.8 Å². The average Bonchev–Trinajstić information content (AvgIpc) is 4.12. The van der Waals surface area contributed by atoms with Gasteiger partial charge in [0.1, 0.15) is 23.7 Å². The lowest BCUT2D eigenvalue weighted by Gasteiger charge is -2.31. The number of ether oxygens (including phenoxy) is 1. The lowest BCUT2D eigenvalue weighted by molar-refractivity contribution is -0.137. The molecule has 13 nitrogen and oxygen atoms in total. The standard InChI is InChI=1S/C48H51N9O4/c1-29(2)42(54-48(60)61-5)46(58)57-28-30(25-49)22-41(57)45-51-27-39(53-45)37-20-19-35-23-34(17-18-36(35)24-37)31-13-15-32(16-14-31)38-26-50-44(52-38)40-12-9-21-56(40)47(59)43(55(3)4)33-10-7-6-8-11-33/h6-8,10-11,13-20,23-24,26-27,29-30,40-43H,9,12,21-22,28H2,1-5H3,(H,50,52)(H,51,53)(H,54,60)/t30-,40-,41-,42?,43+/m0/s1. The Morgan fingerprint density at radius 2 is 1.41 bits per heavy atom. The molecule has 6 aromatic rings. The average molecular weight is 818 g/mol. The highest BCUT2D eigenvalue weighted by molar-refractivity contribution is 5.91. The number of methoxy groups -OCH3 is 1. The zero-order chi connectivity index (χ0) is 42.8. The molecule has 4 aromatic carbocycles. The van der Waals surface area contributed by atoms with Gasteiger partial charge >= 0.3 is 6.09 Å². The zero-order valence-electron chi connectivity index (χ0n) is 35.1. The van der Waals surface area contributed by atoms with Crippen molar-refractivity contribution in [3.63, 3.8) is 0 Å². The molecular weight excluding hydrogens is 767 g/mol. The summed E-state index contributed by atoms with van der Waals surface area (Å²) in [6.45, 7) is 4.67. The second-order valence-corrected chi connectivity index (χ2v) is 16.6. The van der Waals surface area contributed by atoms with Crippen LogP contribution in [0.1, 0.15) is 68.4 Å². The number of nitrogens with one attached hydrogen (secondary N) is 3. The van der Waals surface area contributed by atoms with Gasteiger partial charge in [-0.15, -0.1) is 0 Å². The van der Waals surface area contributed by atoms with Crippen LogP contribution in [0.4, 0.5) is 4.79 Å². The maximum absolute atomic E-state index is 13.9. The zero-order valence-corrected chi connectivity index (χ0v) is 35.1. The van der Waals surface area contributed by atoms with Crippen LogP contribution in [-0.4, -0.2) is 92.9 Å². The molecule has 3 N–H and O–H groups in total. The van der Waals surface area contributed by atoms with E-state index in [-0.39, 0.29) is 42.3 Å². The maximum Gasteiger partial charge on any atom is 0.407 e. The first-order valence-electron chi connectivity index (χ1n) is 20.8. The number of likely N-dealkylation sites (tertiary alicyclic amines) is 2. The molecule has 3 amide bonds. The fraction of sp³-hybridized carbons (Fsp3) is 0.333. The first-order chi connectivity index (χ1) is 29.5. The summed E-state index contributed by atoms with van der Waals surface area (Å²) < 4.78 is 4.76. The molecule has 0 saturated carbocycles. The number of hydrogen-bond donors (Lipinski definition) is 3. The highest BCUT2D eigenvalue weighted by Gasteiger charge is 2.42. The Labute approximate surface area is 355 Å². The second kappa shape index (κ2) is 17.4. The van der Waals surface area contributed by atoms with Gasteiger partial charge in [-0.05, 0) is 84.4 Å². The highest BCUT2D eigenvalue weighted by Crippen LogP contribution is 2.38. The van der Waals surface area contributed by atoms with Gasteiger partial charge in [-0.2, -0.15) is 5.26 Å². The topological polar surface area (TPSA) is 163 Å². The molecule has 13 heteroatoms. The SMILES string of the molecule is COC(=O)NC(C(=O)N1C[C@H](C#N)C[C@H]1c1ncc(-c2ccc3cc(-c4ccc(-c5cnc([C@@H]6CCCN6C(=O)[C@@H](c6ccccc6)N(C)C)[nH]5)cc4)ccc3c2)[nH]1)C(C)C. The van der Waals surface area contributed by atoms with Crippen LogP contribution in [0.25, 0.3) is 44.4 Å². The molecule has 61 heavy (non-hydrogen) atoms. The number of nitriles is 1. The van der Waals surface area contributed by atoms with Crippen LogP contribution < -0.4 is 5.32 Å². The number of nitrogens with zero attached hydrogens (tertiary/aromatic N) is 6. The summed E-state index contributed by atoms with van der Waals surface area (Å²) in [5, 5.41) is 14.6. The van der Waals surface area contributed by atoms with E-state index in [0.29, 0.717) is 18.8 Å². The van der Waals surface area contributed by atoms with Gasteiger partial charge in [-0.1, -0.05) is 92.7 Å². The Kier molecular flexibility index (Phi) is 11.7. The van der Waals surface area contributed by atoms with E-state index in [1.807, 2.05) is 74.3 Å². The third-order valence-corrected chi connectivity index (χ3v) is 12.1. The largest absolute Gasteiger partial charge is 0.453 e. The van der Waals surface area contributed by atoms with Crippen LogP contribution in [0.5, 0.6) is 0 Å². The van der Waals surface area contributed by atoms with Crippen LogP contribution in [0.15, 0.2) is 103 Å². The van der Waals surface area contributed by atoms with Gasteiger partial charge in [-0.25, -0.2) is 14.8 Å². The normalized spacial score (nSPS) is 18.7. The molecule has 0 radical (unpaired) electrons. The number of carbonyl (C=O) groups is 3. The van der Waals surface area contributed by atoms with E-state index in [1.54, 1.807) is 11.1 Å². The number of likely N-dealkylation sites (N-methyl/N-ethyl adjacent to an activating group) is 1. The van der Waals surface area contributed by atoms with Crippen molar-refractivity contribution in [1.82, 2.24) is 40.0 Å². The smallest absolute Gasteiger partial charge is 0.407 e. The van der Waals surface area contributed by atoms with Crippen LogP contribution >= 0.6 is 0 Å². The van der Waals surface area contributed by atoms with E-state index in [1.165, 1.54) is 7.11 Å². The summed E-state index contributed by atoms with van der Waals surface area (Å²) in [5.41, 5.74) is 6.84. The number of rotatable bonds is 11. The maximum atomic E-state index is 13.9. The highest BCUT2D eigenvalue weighted by atomic mass is 16.5. The number of aromatic amines is 2. The molecule has 2 saturated heterocycles. The van der Waals surface area contributed by atoms with Gasteiger partial charge in [0, 0.05) is 18.7 Å². The van der Waals surface area contributed by atoms with Gasteiger partial charge in [-0.3, -0.25) is 14.5 Å². The lowest BCUT2D eigenvalue weighted by Crippen LogP contribution is -2.51. The number of benzene rings is 4. The van der Waals surface area contributed by atoms with Crippen LogP contribution in [0, 0.1) is 23.2 Å². The molecule has 2 aromatic heterocycles. The molecule has 2 fully saturated rings. The number of imidazole rings is 2. The van der Waals surface area contributed by atoms with Crippen molar-refractivity contribution in [2.24, 2.45) is 11.8 Å². The first-order valence-corrected chi connectivity index (χ1v) is 20.8. The Bertz CT molecular complexity index is 2580. The molecule has 0 bridgehead atoms. The fourth-order valence-corrected chi connectivity index (χ4v) is 8.82. The number of aromatic nitrogens is 4. The number of amides is 3. The van der Waals surface area contributed by atoms with Crippen LogP contribution in [-0.2, 0) is 14.3 Å². The van der Waals surface area contributed by atoms with Gasteiger partial charge in [0.25, 0.3) is 0 Å². The molecule has 5 atom stereocenters. The Morgan fingerprint density at radius 1 is 0.803 bits per heavy atom. The van der Waals surface area contributed by atoms with E-state index < -0.39 is 18.2 Å². The third-order valence-electron chi connectivity index (χ3n) is 12.1. The van der Waals surface area contributed by atoms with E-state index in [4.69, 9.17) is 9.72 Å². The Morgan fingerprint density at radius 3 is 2.05 bits per heavy atom. The van der Waals surface area contributed by atoms with E-state index in [2.05, 4.69) is 87.0 Å². The van der Waals surface area contributed by atoms with Crippen molar-refractivity contribution in [3.05, 3.63) is 121 Å². The molecule has 0 aliphatic carbocycles. The number of hydrogen-bond acceptors (Lipinski definition) is 8. The molecule has 312 valence electrons. The number of alkyl carbamates (subject to hydrolysis) is 1. The number of fused-ring (bicyclic) bond motifs is 1. The third kappa shape index (κ3) is 8.36. The van der Waals surface area contributed by atoms with E-state index in [0.717, 1.165) is 68.6 Å². The summed E-state index contributed by atoms with van der Waals surface area (Å²) in [4.78, 5) is 61.8. The van der Waals surface area contributed by atoms with Gasteiger partial charge in [0.05, 0.1) is 55.0 Å². The molecule has 4 heterocycles. The predicted molar refractivity (Wildman–Crippen MR) is 233 cm³/mol. The van der Waals surface area contributed by atoms with Crippen molar-refractivity contribution in [2.45, 2.75) is 57.3 Å². The molecule has 0 spiro atoms.